The van der Waals surface area contributed by atoms with Gasteiger partial charge in [-0.2, -0.15) is 0 Å². The first kappa shape index (κ1) is 14.8. The Morgan fingerprint density at radius 1 is 1.29 bits per heavy atom. The van der Waals surface area contributed by atoms with Crippen LogP contribution in [0.5, 0.6) is 0 Å². The number of nitrogens with one attached hydrogen (secondary N) is 1. The van der Waals surface area contributed by atoms with Crippen LogP contribution in [0.4, 0.5) is 4.39 Å². The first-order valence-electron chi connectivity index (χ1n) is 7.30. The van der Waals surface area contributed by atoms with E-state index in [0.717, 1.165) is 26.2 Å². The van der Waals surface area contributed by atoms with Gasteiger partial charge in [0, 0.05) is 56.4 Å². The third kappa shape index (κ3) is 3.20. The van der Waals surface area contributed by atoms with Crippen molar-refractivity contribution in [3.05, 3.63) is 34.6 Å². The minimum absolute atomic E-state index is 0.151. The van der Waals surface area contributed by atoms with Crippen molar-refractivity contribution < 1.29 is 9.18 Å². The molecule has 2 fully saturated rings. The first-order chi connectivity index (χ1) is 10.1. The van der Waals surface area contributed by atoms with Crippen LogP contribution in [-0.4, -0.2) is 55.0 Å². The summed E-state index contributed by atoms with van der Waals surface area (Å²) in [5.74, 6) is 0.136. The highest BCUT2D eigenvalue weighted by atomic mass is 35.5. The maximum atomic E-state index is 13.8. The van der Waals surface area contributed by atoms with Gasteiger partial charge in [0.1, 0.15) is 5.82 Å². The molecule has 0 atom stereocenters. The summed E-state index contributed by atoms with van der Waals surface area (Å²) in [6.07, 6.45) is 0. The highest BCUT2D eigenvalue weighted by Crippen LogP contribution is 2.21. The van der Waals surface area contributed by atoms with E-state index in [1.807, 2.05) is 4.90 Å². The van der Waals surface area contributed by atoms with Crippen LogP contribution in [-0.2, 0) is 11.3 Å². The lowest BCUT2D eigenvalue weighted by Crippen LogP contribution is -2.56. The van der Waals surface area contributed by atoms with Gasteiger partial charge in [0.05, 0.1) is 5.92 Å². The molecule has 1 N–H and O–H groups in total. The van der Waals surface area contributed by atoms with E-state index in [2.05, 4.69) is 10.2 Å². The van der Waals surface area contributed by atoms with Crippen molar-refractivity contribution in [3.8, 4) is 0 Å². The molecule has 0 aromatic heterocycles. The smallest absolute Gasteiger partial charge is 0.228 e. The second-order valence-electron chi connectivity index (χ2n) is 5.66. The van der Waals surface area contributed by atoms with Crippen LogP contribution in [0.2, 0.25) is 5.02 Å². The molecule has 0 radical (unpaired) electrons. The Hall–Kier alpha value is -1.17. The average Bonchev–Trinajstić information content (AvgIpc) is 2.42. The van der Waals surface area contributed by atoms with E-state index in [0.29, 0.717) is 30.2 Å². The number of halogens is 2. The Morgan fingerprint density at radius 3 is 2.57 bits per heavy atom. The minimum atomic E-state index is -0.262. The largest absolute Gasteiger partial charge is 0.340 e. The normalized spacial score (nSPS) is 20.4. The van der Waals surface area contributed by atoms with Crippen LogP contribution in [0.1, 0.15) is 5.56 Å². The molecule has 2 aliphatic rings. The van der Waals surface area contributed by atoms with Crippen LogP contribution in [0.3, 0.4) is 0 Å². The molecular formula is C15H19ClFN3O. The van der Waals surface area contributed by atoms with Crippen LogP contribution in [0.25, 0.3) is 0 Å². The summed E-state index contributed by atoms with van der Waals surface area (Å²) in [5.41, 5.74) is 0.544. The summed E-state index contributed by atoms with van der Waals surface area (Å²) in [5, 5.41) is 3.59. The molecular weight excluding hydrogens is 293 g/mol. The van der Waals surface area contributed by atoms with Crippen LogP contribution >= 0.6 is 11.6 Å². The molecule has 0 spiro atoms. The number of amides is 1. The average molecular weight is 312 g/mol. The molecule has 0 unspecified atom stereocenters. The SMILES string of the molecule is O=C(C1CNC1)N1CCN(Cc2c(F)cccc2Cl)CC1. The van der Waals surface area contributed by atoms with Gasteiger partial charge in [0.2, 0.25) is 5.91 Å². The third-order valence-electron chi connectivity index (χ3n) is 4.26. The molecule has 2 heterocycles. The Kier molecular flexibility index (Phi) is 4.42. The Bertz CT molecular complexity index is 507. The molecule has 1 aromatic rings. The Morgan fingerprint density at radius 2 is 2.00 bits per heavy atom. The number of nitrogens with zero attached hydrogens (tertiary/aromatic N) is 2. The predicted octanol–water partition coefficient (Wildman–Crippen LogP) is 1.34. The standard InChI is InChI=1S/C15H19ClFN3O/c16-13-2-1-3-14(17)12(13)10-19-4-6-20(7-5-19)15(21)11-8-18-9-11/h1-3,11,18H,4-10H2. The molecule has 0 bridgehead atoms. The zero-order valence-electron chi connectivity index (χ0n) is 11.8. The van der Waals surface area contributed by atoms with E-state index in [1.165, 1.54) is 6.07 Å². The molecule has 2 saturated heterocycles. The van der Waals surface area contributed by atoms with Gasteiger partial charge in [-0.1, -0.05) is 17.7 Å². The maximum absolute atomic E-state index is 13.8. The quantitative estimate of drug-likeness (QED) is 0.915. The van der Waals surface area contributed by atoms with Crippen molar-refractivity contribution in [2.24, 2.45) is 5.92 Å². The second-order valence-corrected chi connectivity index (χ2v) is 6.06. The molecule has 1 aromatic carbocycles. The number of hydrogen-bond donors (Lipinski definition) is 1. The zero-order valence-corrected chi connectivity index (χ0v) is 12.6. The van der Waals surface area contributed by atoms with Crippen LogP contribution in [0.15, 0.2) is 18.2 Å². The van der Waals surface area contributed by atoms with Crippen LogP contribution < -0.4 is 5.32 Å². The Labute approximate surface area is 128 Å². The molecule has 114 valence electrons. The van der Waals surface area contributed by atoms with E-state index in [-0.39, 0.29) is 17.6 Å². The number of carbonyl (C=O) groups excluding carboxylic acids is 1. The van der Waals surface area contributed by atoms with Crippen molar-refractivity contribution in [2.45, 2.75) is 6.54 Å². The number of hydrogen-bond acceptors (Lipinski definition) is 3. The molecule has 21 heavy (non-hydrogen) atoms. The molecule has 0 aliphatic carbocycles. The van der Waals surface area contributed by atoms with Crippen molar-refractivity contribution in [1.29, 1.82) is 0 Å². The molecule has 3 rings (SSSR count). The third-order valence-corrected chi connectivity index (χ3v) is 4.61. The lowest BCUT2D eigenvalue weighted by molar-refractivity contribution is -0.138. The van der Waals surface area contributed by atoms with Gasteiger partial charge in [0.25, 0.3) is 0 Å². The van der Waals surface area contributed by atoms with Gasteiger partial charge < -0.3 is 10.2 Å². The topological polar surface area (TPSA) is 35.6 Å². The fourth-order valence-corrected chi connectivity index (χ4v) is 2.98. The van der Waals surface area contributed by atoms with Gasteiger partial charge >= 0.3 is 0 Å². The van der Waals surface area contributed by atoms with E-state index in [4.69, 9.17) is 11.6 Å². The van der Waals surface area contributed by atoms with Gasteiger partial charge in [-0.05, 0) is 12.1 Å². The van der Waals surface area contributed by atoms with Crippen molar-refractivity contribution in [2.75, 3.05) is 39.3 Å². The number of carbonyl (C=O) groups is 1. The molecule has 2 aliphatic heterocycles. The minimum Gasteiger partial charge on any atom is -0.340 e. The molecule has 0 saturated carbocycles. The summed E-state index contributed by atoms with van der Waals surface area (Å²) in [6.45, 7) is 5.03. The lowest BCUT2D eigenvalue weighted by Gasteiger charge is -2.38. The molecule has 6 heteroatoms. The van der Waals surface area contributed by atoms with Gasteiger partial charge in [-0.25, -0.2) is 4.39 Å². The fraction of sp³-hybridized carbons (Fsp3) is 0.533. The summed E-state index contributed by atoms with van der Waals surface area (Å²) >= 11 is 6.06. The summed E-state index contributed by atoms with van der Waals surface area (Å²) in [6, 6.07) is 4.76. The van der Waals surface area contributed by atoms with Crippen molar-refractivity contribution in [1.82, 2.24) is 15.1 Å². The monoisotopic (exact) mass is 311 g/mol. The zero-order chi connectivity index (χ0) is 14.8. The summed E-state index contributed by atoms with van der Waals surface area (Å²) in [4.78, 5) is 16.2. The van der Waals surface area contributed by atoms with E-state index < -0.39 is 0 Å². The Balaban J connectivity index is 1.55. The fourth-order valence-electron chi connectivity index (χ4n) is 2.75. The number of benzene rings is 1. The van der Waals surface area contributed by atoms with Crippen molar-refractivity contribution >= 4 is 17.5 Å². The highest BCUT2D eigenvalue weighted by molar-refractivity contribution is 6.31. The summed E-state index contributed by atoms with van der Waals surface area (Å²) < 4.78 is 13.8. The van der Waals surface area contributed by atoms with E-state index in [9.17, 15) is 9.18 Å². The maximum Gasteiger partial charge on any atom is 0.228 e. The molecule has 1 amide bonds. The van der Waals surface area contributed by atoms with E-state index >= 15 is 0 Å². The van der Waals surface area contributed by atoms with Gasteiger partial charge in [0.15, 0.2) is 0 Å². The predicted molar refractivity (Wildman–Crippen MR) is 79.6 cm³/mol. The number of rotatable bonds is 3. The highest BCUT2D eigenvalue weighted by Gasteiger charge is 2.31. The molecule has 4 nitrogen and oxygen atoms in total. The van der Waals surface area contributed by atoms with Crippen LogP contribution in [0, 0.1) is 11.7 Å². The van der Waals surface area contributed by atoms with E-state index in [1.54, 1.807) is 12.1 Å². The van der Waals surface area contributed by atoms with Crippen molar-refractivity contribution in [3.63, 3.8) is 0 Å². The number of piperazine rings is 1. The summed E-state index contributed by atoms with van der Waals surface area (Å²) in [7, 11) is 0. The second kappa shape index (κ2) is 6.30. The lowest BCUT2D eigenvalue weighted by atomic mass is 10.0. The van der Waals surface area contributed by atoms with Gasteiger partial charge in [-0.15, -0.1) is 0 Å². The first-order valence-corrected chi connectivity index (χ1v) is 7.67. The van der Waals surface area contributed by atoms with Gasteiger partial charge in [-0.3, -0.25) is 9.69 Å².